The number of aromatic nitrogens is 3. The molecule has 1 fully saturated rings. The van der Waals surface area contributed by atoms with Crippen molar-refractivity contribution in [2.75, 3.05) is 5.32 Å². The summed E-state index contributed by atoms with van der Waals surface area (Å²) in [6, 6.07) is 9.62. The van der Waals surface area contributed by atoms with Crippen molar-refractivity contribution >= 4 is 11.6 Å². The van der Waals surface area contributed by atoms with E-state index in [1.807, 2.05) is 72.0 Å². The topological polar surface area (TPSA) is 59.8 Å². The van der Waals surface area contributed by atoms with Gasteiger partial charge in [0.15, 0.2) is 0 Å². The summed E-state index contributed by atoms with van der Waals surface area (Å²) in [4.78, 5) is 12.6. The minimum absolute atomic E-state index is 0.0133. The average molecular weight is 345 g/mol. The normalized spacial score (nSPS) is 18.5. The lowest BCUT2D eigenvalue weighted by Crippen LogP contribution is -2.25. The van der Waals surface area contributed by atoms with Crippen LogP contribution in [0.15, 0.2) is 30.3 Å². The van der Waals surface area contributed by atoms with Crippen molar-refractivity contribution in [3.05, 3.63) is 41.7 Å². The number of anilines is 1. The van der Waals surface area contributed by atoms with Crippen LogP contribution in [-0.2, 0) is 11.8 Å². The first kappa shape index (κ1) is 20.9. The maximum absolute atomic E-state index is 12.6. The zero-order valence-electron chi connectivity index (χ0n) is 16.4. The van der Waals surface area contributed by atoms with Crippen LogP contribution < -0.4 is 5.32 Å². The van der Waals surface area contributed by atoms with Crippen molar-refractivity contribution in [1.82, 2.24) is 15.0 Å². The van der Waals surface area contributed by atoms with Gasteiger partial charge in [-0.25, -0.2) is 0 Å². The van der Waals surface area contributed by atoms with E-state index < -0.39 is 0 Å². The summed E-state index contributed by atoms with van der Waals surface area (Å²) in [5, 5.41) is 11.4. The highest BCUT2D eigenvalue weighted by Gasteiger charge is 2.36. The van der Waals surface area contributed by atoms with Gasteiger partial charge in [0.2, 0.25) is 5.91 Å². The monoisotopic (exact) mass is 344 g/mol. The first-order chi connectivity index (χ1) is 12.2. The molecule has 1 aliphatic rings. The summed E-state index contributed by atoms with van der Waals surface area (Å²) in [7, 11) is 1.89. The lowest BCUT2D eigenvalue weighted by atomic mass is 9.91. The number of hydrogen-bond donors (Lipinski definition) is 1. The predicted molar refractivity (Wildman–Crippen MR) is 104 cm³/mol. The van der Waals surface area contributed by atoms with E-state index in [0.717, 1.165) is 36.3 Å². The number of aryl methyl sites for hydroxylation is 1. The second kappa shape index (κ2) is 10.6. The molecule has 138 valence electrons. The molecular weight excluding hydrogens is 312 g/mol. The van der Waals surface area contributed by atoms with Crippen molar-refractivity contribution in [3.63, 3.8) is 0 Å². The highest BCUT2D eigenvalue weighted by Crippen LogP contribution is 2.40. The first-order valence-corrected chi connectivity index (χ1v) is 9.39. The van der Waals surface area contributed by atoms with Gasteiger partial charge < -0.3 is 5.32 Å². The average Bonchev–Trinajstić information content (AvgIpc) is 3.27. The molecule has 0 aliphatic heterocycles. The minimum atomic E-state index is -0.0133. The number of amides is 1. The van der Waals surface area contributed by atoms with E-state index in [-0.39, 0.29) is 17.7 Å². The van der Waals surface area contributed by atoms with Crippen molar-refractivity contribution in [2.24, 2.45) is 13.0 Å². The SMILES string of the molecule is CC.CC.Cc1c([C@H]2CCC[C@@H]2C(=O)Nc2ccccc2)nnn1C. The molecule has 1 aromatic heterocycles. The molecule has 5 heteroatoms. The number of hydrogen-bond acceptors (Lipinski definition) is 3. The Morgan fingerprint density at radius 1 is 1.12 bits per heavy atom. The van der Waals surface area contributed by atoms with E-state index in [9.17, 15) is 4.79 Å². The van der Waals surface area contributed by atoms with Crippen LogP contribution in [0.5, 0.6) is 0 Å². The van der Waals surface area contributed by atoms with Crippen molar-refractivity contribution < 1.29 is 4.79 Å². The van der Waals surface area contributed by atoms with Crippen molar-refractivity contribution in [3.8, 4) is 0 Å². The van der Waals surface area contributed by atoms with Crippen LogP contribution >= 0.6 is 0 Å². The lowest BCUT2D eigenvalue weighted by molar-refractivity contribution is -0.120. The molecule has 1 aromatic carbocycles. The smallest absolute Gasteiger partial charge is 0.228 e. The predicted octanol–water partition coefficient (Wildman–Crippen LogP) is 4.70. The van der Waals surface area contributed by atoms with E-state index in [0.29, 0.717) is 0 Å². The number of nitrogens with zero attached hydrogens (tertiary/aromatic N) is 3. The Hall–Kier alpha value is -2.17. The van der Waals surface area contributed by atoms with Crippen LogP contribution in [0.25, 0.3) is 0 Å². The second-order valence-corrected chi connectivity index (χ2v) is 5.68. The van der Waals surface area contributed by atoms with Crippen LogP contribution in [0.2, 0.25) is 0 Å². The Kier molecular flexibility index (Phi) is 8.89. The number of benzene rings is 1. The van der Waals surface area contributed by atoms with E-state index in [2.05, 4.69) is 15.6 Å². The molecule has 0 unspecified atom stereocenters. The van der Waals surface area contributed by atoms with Crippen molar-refractivity contribution in [2.45, 2.75) is 59.8 Å². The van der Waals surface area contributed by atoms with Crippen LogP contribution in [0.4, 0.5) is 5.69 Å². The van der Waals surface area contributed by atoms with Gasteiger partial charge in [-0.1, -0.05) is 57.5 Å². The quantitative estimate of drug-likeness (QED) is 0.878. The van der Waals surface area contributed by atoms with Crippen molar-refractivity contribution in [1.29, 1.82) is 0 Å². The van der Waals surface area contributed by atoms with E-state index in [4.69, 9.17) is 0 Å². The molecule has 1 N–H and O–H groups in total. The summed E-state index contributed by atoms with van der Waals surface area (Å²) in [5.41, 5.74) is 2.88. The van der Waals surface area contributed by atoms with Crippen LogP contribution in [0, 0.1) is 12.8 Å². The summed E-state index contributed by atoms with van der Waals surface area (Å²) >= 11 is 0. The number of nitrogens with one attached hydrogen (secondary N) is 1. The largest absolute Gasteiger partial charge is 0.326 e. The van der Waals surface area contributed by atoms with Crippen LogP contribution in [0.1, 0.15) is 64.3 Å². The van der Waals surface area contributed by atoms with E-state index >= 15 is 0 Å². The Bertz CT molecular complexity index is 636. The molecule has 25 heavy (non-hydrogen) atoms. The highest BCUT2D eigenvalue weighted by molar-refractivity contribution is 5.93. The summed E-state index contributed by atoms with van der Waals surface area (Å²) in [6.07, 6.45) is 2.99. The Morgan fingerprint density at radius 3 is 2.32 bits per heavy atom. The molecule has 2 atom stereocenters. The fraction of sp³-hybridized carbons (Fsp3) is 0.550. The number of rotatable bonds is 3. The Labute approximate surface area is 151 Å². The molecule has 1 saturated carbocycles. The van der Waals surface area contributed by atoms with Gasteiger partial charge in [0.25, 0.3) is 0 Å². The molecule has 0 radical (unpaired) electrons. The number of carbonyl (C=O) groups excluding carboxylic acids is 1. The lowest BCUT2D eigenvalue weighted by Gasteiger charge is -2.18. The number of carbonyl (C=O) groups is 1. The molecule has 1 aliphatic carbocycles. The zero-order valence-corrected chi connectivity index (χ0v) is 16.4. The molecule has 0 saturated heterocycles. The fourth-order valence-electron chi connectivity index (χ4n) is 3.12. The molecular formula is C20H32N4O. The molecule has 0 spiro atoms. The van der Waals surface area contributed by atoms with Gasteiger partial charge in [-0.05, 0) is 31.9 Å². The number of para-hydroxylation sites is 1. The standard InChI is InChI=1S/C16H20N4O.2C2H6/c1-11-15(18-19-20(11)2)13-9-6-10-14(13)16(21)17-12-7-4-3-5-8-12;2*1-2/h3-5,7-8,13-14H,6,9-10H2,1-2H3,(H,17,21);2*1-2H3/t13-,14-;;/m0../s1. The van der Waals surface area contributed by atoms with E-state index in [1.54, 1.807) is 4.68 Å². The van der Waals surface area contributed by atoms with Gasteiger partial charge in [0.1, 0.15) is 0 Å². The fourth-order valence-corrected chi connectivity index (χ4v) is 3.12. The van der Waals surface area contributed by atoms with Gasteiger partial charge >= 0.3 is 0 Å². The third-order valence-corrected chi connectivity index (χ3v) is 4.39. The first-order valence-electron chi connectivity index (χ1n) is 9.39. The maximum Gasteiger partial charge on any atom is 0.228 e. The van der Waals surface area contributed by atoms with E-state index in [1.165, 1.54) is 0 Å². The molecule has 5 nitrogen and oxygen atoms in total. The summed E-state index contributed by atoms with van der Waals surface area (Å²) in [5.74, 6) is 0.261. The van der Waals surface area contributed by atoms with Gasteiger partial charge in [-0.3, -0.25) is 9.48 Å². The highest BCUT2D eigenvalue weighted by atomic mass is 16.1. The van der Waals surface area contributed by atoms with Gasteiger partial charge in [0, 0.05) is 24.6 Å². The molecule has 1 amide bonds. The van der Waals surface area contributed by atoms with Gasteiger partial charge in [-0.15, -0.1) is 5.10 Å². The van der Waals surface area contributed by atoms with Gasteiger partial charge in [-0.2, -0.15) is 0 Å². The minimum Gasteiger partial charge on any atom is -0.326 e. The zero-order chi connectivity index (χ0) is 18.8. The molecule has 3 rings (SSSR count). The summed E-state index contributed by atoms with van der Waals surface area (Å²) < 4.78 is 1.78. The second-order valence-electron chi connectivity index (χ2n) is 5.68. The Morgan fingerprint density at radius 2 is 1.76 bits per heavy atom. The van der Waals surface area contributed by atoms with Crippen LogP contribution in [0.3, 0.4) is 0 Å². The molecule has 2 aromatic rings. The van der Waals surface area contributed by atoms with Gasteiger partial charge in [0.05, 0.1) is 11.4 Å². The molecule has 1 heterocycles. The summed E-state index contributed by atoms with van der Waals surface area (Å²) in [6.45, 7) is 10.0. The Balaban J connectivity index is 0.000000730. The molecule has 0 bridgehead atoms. The third kappa shape index (κ3) is 5.15. The third-order valence-electron chi connectivity index (χ3n) is 4.39. The maximum atomic E-state index is 12.6. The van der Waals surface area contributed by atoms with Crippen LogP contribution in [-0.4, -0.2) is 20.9 Å².